The molecule has 3 aromatic rings. The average Bonchev–Trinajstić information content (AvgIpc) is 2.76. The van der Waals surface area contributed by atoms with E-state index in [9.17, 15) is 14.0 Å². The molecule has 0 atom stereocenters. The van der Waals surface area contributed by atoms with Crippen LogP contribution in [0.3, 0.4) is 0 Å². The summed E-state index contributed by atoms with van der Waals surface area (Å²) in [6.07, 6.45) is 0. The molecule has 0 aliphatic rings. The largest absolute Gasteiger partial charge is 0.376 e. The van der Waals surface area contributed by atoms with Gasteiger partial charge in [0.25, 0.3) is 5.91 Å². The fourth-order valence-electron chi connectivity index (χ4n) is 2.90. The highest BCUT2D eigenvalue weighted by Gasteiger charge is 2.15. The minimum absolute atomic E-state index is 0.00733. The Kier molecular flexibility index (Phi) is 7.03. The Morgan fingerprint density at radius 3 is 2.27 bits per heavy atom. The molecule has 0 saturated carbocycles. The number of hydrogen-bond acceptors (Lipinski definition) is 3. The number of nitrogens with zero attached hydrogens (tertiary/aromatic N) is 1. The van der Waals surface area contributed by atoms with Crippen LogP contribution in [0, 0.1) is 5.82 Å². The maximum absolute atomic E-state index is 13.2. The van der Waals surface area contributed by atoms with Gasteiger partial charge in [0.15, 0.2) is 0 Å². The highest BCUT2D eigenvalue weighted by atomic mass is 35.5. The number of para-hydroxylation sites is 1. The minimum atomic E-state index is -0.545. The summed E-state index contributed by atoms with van der Waals surface area (Å²) in [7, 11) is 0. The molecule has 2 N–H and O–H groups in total. The van der Waals surface area contributed by atoms with Crippen LogP contribution < -0.4 is 15.5 Å². The van der Waals surface area contributed by atoms with Gasteiger partial charge in [0.1, 0.15) is 5.82 Å². The normalized spacial score (nSPS) is 10.4. The van der Waals surface area contributed by atoms with Crippen LogP contribution in [0.4, 0.5) is 21.5 Å². The van der Waals surface area contributed by atoms with Gasteiger partial charge in [0, 0.05) is 29.2 Å². The van der Waals surface area contributed by atoms with Crippen LogP contribution in [0.15, 0.2) is 72.8 Å². The molecule has 0 bridgehead atoms. The molecular formula is C23H21ClFN3O2. The Hall–Kier alpha value is -3.38. The highest BCUT2D eigenvalue weighted by Crippen LogP contribution is 2.20. The van der Waals surface area contributed by atoms with Gasteiger partial charge < -0.3 is 15.5 Å². The van der Waals surface area contributed by atoms with E-state index in [0.29, 0.717) is 23.5 Å². The van der Waals surface area contributed by atoms with Crippen molar-refractivity contribution < 1.29 is 14.0 Å². The van der Waals surface area contributed by atoms with E-state index in [-0.39, 0.29) is 23.4 Å². The first kappa shape index (κ1) is 21.3. The van der Waals surface area contributed by atoms with Crippen molar-refractivity contribution in [1.29, 1.82) is 0 Å². The monoisotopic (exact) mass is 425 g/mol. The van der Waals surface area contributed by atoms with E-state index in [4.69, 9.17) is 11.6 Å². The lowest BCUT2D eigenvalue weighted by Gasteiger charge is -2.21. The van der Waals surface area contributed by atoms with E-state index in [1.807, 2.05) is 37.3 Å². The van der Waals surface area contributed by atoms with Crippen molar-refractivity contribution in [1.82, 2.24) is 0 Å². The topological polar surface area (TPSA) is 61.4 Å². The number of hydrogen-bond donors (Lipinski definition) is 2. The third kappa shape index (κ3) is 5.36. The van der Waals surface area contributed by atoms with Gasteiger partial charge in [0.05, 0.1) is 11.6 Å². The summed E-state index contributed by atoms with van der Waals surface area (Å²) in [4.78, 5) is 26.6. The standard InChI is InChI=1S/C23H21ClFN3O2/c1-2-28(19-6-4-3-5-7-19)23(30)16-8-10-17(11-9-16)26-15-22(29)27-18-12-13-21(25)20(24)14-18/h3-14,26H,2,15H2,1H3,(H,27,29). The molecule has 0 heterocycles. The van der Waals surface area contributed by atoms with E-state index in [1.165, 1.54) is 18.2 Å². The van der Waals surface area contributed by atoms with Crippen molar-refractivity contribution in [3.05, 3.63) is 89.2 Å². The zero-order chi connectivity index (χ0) is 21.5. The Morgan fingerprint density at radius 1 is 0.967 bits per heavy atom. The molecule has 0 radical (unpaired) electrons. The minimum Gasteiger partial charge on any atom is -0.376 e. The molecule has 3 rings (SSSR count). The van der Waals surface area contributed by atoms with Crippen LogP contribution in [0.5, 0.6) is 0 Å². The van der Waals surface area contributed by atoms with Crippen LogP contribution in [0.2, 0.25) is 5.02 Å². The molecule has 154 valence electrons. The van der Waals surface area contributed by atoms with Crippen LogP contribution >= 0.6 is 11.6 Å². The van der Waals surface area contributed by atoms with Gasteiger partial charge in [-0.2, -0.15) is 0 Å². The van der Waals surface area contributed by atoms with E-state index >= 15 is 0 Å². The lowest BCUT2D eigenvalue weighted by Crippen LogP contribution is -2.30. The highest BCUT2D eigenvalue weighted by molar-refractivity contribution is 6.31. The molecule has 5 nitrogen and oxygen atoms in total. The SMILES string of the molecule is CCN(C(=O)c1ccc(NCC(=O)Nc2ccc(F)c(Cl)c2)cc1)c1ccccc1. The number of carbonyl (C=O) groups is 2. The lowest BCUT2D eigenvalue weighted by molar-refractivity contribution is -0.114. The van der Waals surface area contributed by atoms with E-state index < -0.39 is 5.82 Å². The summed E-state index contributed by atoms with van der Waals surface area (Å²) in [5.41, 5.74) is 2.50. The molecule has 0 aromatic heterocycles. The van der Waals surface area contributed by atoms with Crippen LogP contribution in [-0.2, 0) is 4.79 Å². The predicted octanol–water partition coefficient (Wildman–Crippen LogP) is 5.20. The molecule has 0 unspecified atom stereocenters. The summed E-state index contributed by atoms with van der Waals surface area (Å²) >= 11 is 5.71. The van der Waals surface area contributed by atoms with Crippen LogP contribution in [0.25, 0.3) is 0 Å². The van der Waals surface area contributed by atoms with E-state index in [2.05, 4.69) is 10.6 Å². The van der Waals surface area contributed by atoms with Crippen molar-refractivity contribution in [2.45, 2.75) is 6.92 Å². The smallest absolute Gasteiger partial charge is 0.258 e. The second kappa shape index (κ2) is 9.89. The zero-order valence-electron chi connectivity index (χ0n) is 16.4. The van der Waals surface area contributed by atoms with Crippen molar-refractivity contribution in [2.75, 3.05) is 28.6 Å². The maximum Gasteiger partial charge on any atom is 0.258 e. The molecule has 7 heteroatoms. The van der Waals surface area contributed by atoms with Crippen LogP contribution in [0.1, 0.15) is 17.3 Å². The van der Waals surface area contributed by atoms with Crippen molar-refractivity contribution in [3.63, 3.8) is 0 Å². The molecule has 30 heavy (non-hydrogen) atoms. The fraction of sp³-hybridized carbons (Fsp3) is 0.130. The van der Waals surface area contributed by atoms with E-state index in [1.54, 1.807) is 29.2 Å². The lowest BCUT2D eigenvalue weighted by atomic mass is 10.1. The summed E-state index contributed by atoms with van der Waals surface area (Å²) in [6, 6.07) is 20.4. The first-order chi connectivity index (χ1) is 14.5. The number of halogens is 2. The predicted molar refractivity (Wildman–Crippen MR) is 119 cm³/mol. The van der Waals surface area contributed by atoms with Gasteiger partial charge in [-0.1, -0.05) is 29.8 Å². The summed E-state index contributed by atoms with van der Waals surface area (Å²) in [5.74, 6) is -0.948. The van der Waals surface area contributed by atoms with Crippen LogP contribution in [-0.4, -0.2) is 24.9 Å². The molecule has 3 aromatic carbocycles. The van der Waals surface area contributed by atoms with Crippen molar-refractivity contribution in [3.8, 4) is 0 Å². The number of carbonyl (C=O) groups excluding carboxylic acids is 2. The Bertz CT molecular complexity index is 1030. The second-order valence-electron chi connectivity index (χ2n) is 6.49. The molecule has 0 saturated heterocycles. The average molecular weight is 426 g/mol. The van der Waals surface area contributed by atoms with Gasteiger partial charge in [-0.05, 0) is 61.5 Å². The maximum atomic E-state index is 13.2. The summed E-state index contributed by atoms with van der Waals surface area (Å²) < 4.78 is 13.2. The van der Waals surface area contributed by atoms with Gasteiger partial charge in [-0.3, -0.25) is 9.59 Å². The Balaban J connectivity index is 1.58. The summed E-state index contributed by atoms with van der Waals surface area (Å²) in [5, 5.41) is 5.57. The number of rotatable bonds is 7. The van der Waals surface area contributed by atoms with Crippen molar-refractivity contribution in [2.24, 2.45) is 0 Å². The third-order valence-corrected chi connectivity index (χ3v) is 4.71. The zero-order valence-corrected chi connectivity index (χ0v) is 17.1. The third-order valence-electron chi connectivity index (χ3n) is 4.42. The van der Waals surface area contributed by atoms with Gasteiger partial charge >= 0.3 is 0 Å². The van der Waals surface area contributed by atoms with Crippen molar-refractivity contribution >= 4 is 40.5 Å². The first-order valence-electron chi connectivity index (χ1n) is 9.43. The van der Waals surface area contributed by atoms with Gasteiger partial charge in [0.2, 0.25) is 5.91 Å². The molecule has 2 amide bonds. The number of anilines is 3. The number of nitrogens with one attached hydrogen (secondary N) is 2. The molecular weight excluding hydrogens is 405 g/mol. The molecule has 0 aliphatic heterocycles. The van der Waals surface area contributed by atoms with Gasteiger partial charge in [-0.15, -0.1) is 0 Å². The fourth-order valence-corrected chi connectivity index (χ4v) is 3.08. The Morgan fingerprint density at radius 2 is 1.63 bits per heavy atom. The number of benzene rings is 3. The molecule has 0 aliphatic carbocycles. The molecule has 0 fully saturated rings. The summed E-state index contributed by atoms with van der Waals surface area (Å²) in [6.45, 7) is 2.48. The first-order valence-corrected chi connectivity index (χ1v) is 9.81. The quantitative estimate of drug-likeness (QED) is 0.547. The Labute approximate surface area is 179 Å². The number of amides is 2. The second-order valence-corrected chi connectivity index (χ2v) is 6.90. The van der Waals surface area contributed by atoms with E-state index in [0.717, 1.165) is 5.69 Å². The molecule has 0 spiro atoms. The van der Waals surface area contributed by atoms with Gasteiger partial charge in [-0.25, -0.2) is 4.39 Å².